The smallest absolute Gasteiger partial charge is 0.191 e. The van der Waals surface area contributed by atoms with Gasteiger partial charge in [0.15, 0.2) is 5.96 Å². The molecule has 2 N–H and O–H groups in total. The van der Waals surface area contributed by atoms with E-state index in [0.717, 1.165) is 25.0 Å². The van der Waals surface area contributed by atoms with Gasteiger partial charge in [-0.1, -0.05) is 45.0 Å². The molecule has 1 saturated carbocycles. The maximum atomic E-state index is 4.25. The van der Waals surface area contributed by atoms with Gasteiger partial charge in [0, 0.05) is 20.1 Å². The molecule has 1 fully saturated rings. The van der Waals surface area contributed by atoms with E-state index < -0.39 is 0 Å². The van der Waals surface area contributed by atoms with Crippen LogP contribution in [0.3, 0.4) is 0 Å². The molecule has 1 aromatic rings. The van der Waals surface area contributed by atoms with Gasteiger partial charge in [-0.15, -0.1) is 24.0 Å². The average Bonchev–Trinajstić information content (AvgIpc) is 3.22. The van der Waals surface area contributed by atoms with Gasteiger partial charge in [-0.3, -0.25) is 4.99 Å². The van der Waals surface area contributed by atoms with Crippen molar-refractivity contribution in [2.45, 2.75) is 45.6 Å². The quantitative estimate of drug-likeness (QED) is 0.459. The monoisotopic (exact) mass is 401 g/mol. The maximum absolute atomic E-state index is 4.25. The summed E-state index contributed by atoms with van der Waals surface area (Å²) in [4.78, 5) is 4.25. The van der Waals surface area contributed by atoms with Crippen molar-refractivity contribution in [3.05, 3.63) is 35.4 Å². The molecule has 1 aliphatic rings. The van der Waals surface area contributed by atoms with Crippen molar-refractivity contribution in [1.29, 1.82) is 0 Å². The van der Waals surface area contributed by atoms with Crippen molar-refractivity contribution in [3.8, 4) is 0 Å². The Kier molecular flexibility index (Phi) is 6.97. The third kappa shape index (κ3) is 6.24. The molecule has 21 heavy (non-hydrogen) atoms. The van der Waals surface area contributed by atoms with Crippen LogP contribution in [-0.2, 0) is 12.0 Å². The van der Waals surface area contributed by atoms with Gasteiger partial charge in [0.2, 0.25) is 0 Å². The standard InChI is InChI=1S/C17H27N3.HI/c1-17(2,3)15-9-7-14(8-10-15)12-20-16(18-4)19-11-13-5-6-13;/h7-10,13H,5-6,11-12H2,1-4H3,(H2,18,19,20);1H. The van der Waals surface area contributed by atoms with Crippen LogP contribution >= 0.6 is 24.0 Å². The SMILES string of the molecule is CN=C(NCc1ccc(C(C)(C)C)cc1)NCC1CC1.I. The Morgan fingerprint density at radius 1 is 1.14 bits per heavy atom. The zero-order valence-corrected chi connectivity index (χ0v) is 15.9. The van der Waals surface area contributed by atoms with E-state index in [1.165, 1.54) is 24.0 Å². The summed E-state index contributed by atoms with van der Waals surface area (Å²) in [7, 11) is 1.82. The third-order valence-corrected chi connectivity index (χ3v) is 3.76. The second kappa shape index (κ2) is 8.01. The second-order valence-electron chi connectivity index (χ2n) is 6.70. The van der Waals surface area contributed by atoms with E-state index in [9.17, 15) is 0 Å². The summed E-state index contributed by atoms with van der Waals surface area (Å²) >= 11 is 0. The highest BCUT2D eigenvalue weighted by molar-refractivity contribution is 14.0. The highest BCUT2D eigenvalue weighted by atomic mass is 127. The Morgan fingerprint density at radius 3 is 2.24 bits per heavy atom. The molecule has 0 bridgehead atoms. The first-order valence-electron chi connectivity index (χ1n) is 7.53. The van der Waals surface area contributed by atoms with E-state index >= 15 is 0 Å². The van der Waals surface area contributed by atoms with Gasteiger partial charge in [-0.2, -0.15) is 0 Å². The van der Waals surface area contributed by atoms with Crippen molar-refractivity contribution in [2.24, 2.45) is 10.9 Å². The number of hydrogen-bond acceptors (Lipinski definition) is 1. The first-order valence-corrected chi connectivity index (χ1v) is 7.53. The number of nitrogens with one attached hydrogen (secondary N) is 2. The van der Waals surface area contributed by atoms with Gasteiger partial charge in [0.05, 0.1) is 0 Å². The average molecular weight is 401 g/mol. The predicted molar refractivity (Wildman–Crippen MR) is 101 cm³/mol. The molecule has 118 valence electrons. The maximum Gasteiger partial charge on any atom is 0.191 e. The van der Waals surface area contributed by atoms with E-state index in [0.29, 0.717) is 0 Å². The molecule has 1 aliphatic carbocycles. The minimum atomic E-state index is 0. The minimum absolute atomic E-state index is 0. The van der Waals surface area contributed by atoms with Gasteiger partial charge in [0.25, 0.3) is 0 Å². The van der Waals surface area contributed by atoms with Crippen LogP contribution in [0.25, 0.3) is 0 Å². The van der Waals surface area contributed by atoms with Gasteiger partial charge < -0.3 is 10.6 Å². The number of halogens is 1. The van der Waals surface area contributed by atoms with E-state index in [2.05, 4.69) is 60.7 Å². The summed E-state index contributed by atoms with van der Waals surface area (Å²) in [5.41, 5.74) is 2.87. The third-order valence-electron chi connectivity index (χ3n) is 3.76. The Balaban J connectivity index is 0.00000220. The lowest BCUT2D eigenvalue weighted by atomic mass is 9.87. The first kappa shape index (κ1) is 18.3. The predicted octanol–water partition coefficient (Wildman–Crippen LogP) is 3.68. The summed E-state index contributed by atoms with van der Waals surface area (Å²) in [6.07, 6.45) is 2.72. The van der Waals surface area contributed by atoms with Crippen LogP contribution in [0.2, 0.25) is 0 Å². The molecule has 0 amide bonds. The molecule has 0 radical (unpaired) electrons. The number of hydrogen-bond donors (Lipinski definition) is 2. The molecule has 0 aromatic heterocycles. The minimum Gasteiger partial charge on any atom is -0.356 e. The van der Waals surface area contributed by atoms with Gasteiger partial charge in [-0.05, 0) is 35.3 Å². The molecule has 0 atom stereocenters. The zero-order valence-electron chi connectivity index (χ0n) is 13.6. The molecule has 2 rings (SSSR count). The van der Waals surface area contributed by atoms with Crippen LogP contribution in [0.5, 0.6) is 0 Å². The molecule has 0 saturated heterocycles. The van der Waals surface area contributed by atoms with Crippen LogP contribution in [-0.4, -0.2) is 19.6 Å². The van der Waals surface area contributed by atoms with Crippen molar-refractivity contribution in [1.82, 2.24) is 10.6 Å². The second-order valence-corrected chi connectivity index (χ2v) is 6.70. The van der Waals surface area contributed by atoms with E-state index in [1.807, 2.05) is 7.05 Å². The largest absolute Gasteiger partial charge is 0.356 e. The fourth-order valence-corrected chi connectivity index (χ4v) is 2.09. The Labute approximate surface area is 146 Å². The van der Waals surface area contributed by atoms with Crippen LogP contribution in [0, 0.1) is 5.92 Å². The van der Waals surface area contributed by atoms with E-state index in [-0.39, 0.29) is 29.4 Å². The summed E-state index contributed by atoms with van der Waals surface area (Å²) in [5.74, 6) is 1.76. The van der Waals surface area contributed by atoms with Crippen molar-refractivity contribution in [3.63, 3.8) is 0 Å². The number of benzene rings is 1. The van der Waals surface area contributed by atoms with Gasteiger partial charge in [-0.25, -0.2) is 0 Å². The van der Waals surface area contributed by atoms with Gasteiger partial charge in [0.1, 0.15) is 0 Å². The summed E-state index contributed by atoms with van der Waals surface area (Å²) in [5, 5.41) is 6.74. The fourth-order valence-electron chi connectivity index (χ4n) is 2.09. The topological polar surface area (TPSA) is 36.4 Å². The lowest BCUT2D eigenvalue weighted by Crippen LogP contribution is -2.37. The van der Waals surface area contributed by atoms with Gasteiger partial charge >= 0.3 is 0 Å². The molecule has 0 unspecified atom stereocenters. The van der Waals surface area contributed by atoms with Crippen LogP contribution in [0.4, 0.5) is 0 Å². The van der Waals surface area contributed by atoms with Crippen LogP contribution in [0.15, 0.2) is 29.3 Å². The molecule has 1 aromatic carbocycles. The van der Waals surface area contributed by atoms with Crippen LogP contribution in [0.1, 0.15) is 44.7 Å². The van der Waals surface area contributed by atoms with E-state index in [4.69, 9.17) is 0 Å². The fraction of sp³-hybridized carbons (Fsp3) is 0.588. The van der Waals surface area contributed by atoms with Crippen LogP contribution < -0.4 is 10.6 Å². The summed E-state index contributed by atoms with van der Waals surface area (Å²) in [6.45, 7) is 8.58. The Bertz CT molecular complexity index is 456. The van der Waals surface area contributed by atoms with E-state index in [1.54, 1.807) is 0 Å². The molecule has 0 heterocycles. The number of aliphatic imine (C=N–C) groups is 1. The number of nitrogens with zero attached hydrogens (tertiary/aromatic N) is 1. The normalized spacial score (nSPS) is 15.3. The molecule has 0 aliphatic heterocycles. The zero-order chi connectivity index (χ0) is 14.6. The number of rotatable bonds is 4. The molecule has 0 spiro atoms. The molecular formula is C17H28IN3. The molecular weight excluding hydrogens is 373 g/mol. The lowest BCUT2D eigenvalue weighted by molar-refractivity contribution is 0.590. The number of guanidine groups is 1. The Morgan fingerprint density at radius 2 is 1.76 bits per heavy atom. The van der Waals surface area contributed by atoms with Crippen molar-refractivity contribution in [2.75, 3.05) is 13.6 Å². The van der Waals surface area contributed by atoms with Crippen molar-refractivity contribution < 1.29 is 0 Å². The van der Waals surface area contributed by atoms with Crippen molar-refractivity contribution >= 4 is 29.9 Å². The highest BCUT2D eigenvalue weighted by Crippen LogP contribution is 2.27. The highest BCUT2D eigenvalue weighted by Gasteiger charge is 2.21. The summed E-state index contributed by atoms with van der Waals surface area (Å²) < 4.78 is 0. The molecule has 4 heteroatoms. The Hall–Kier alpha value is -0.780. The molecule has 3 nitrogen and oxygen atoms in total. The lowest BCUT2D eigenvalue weighted by Gasteiger charge is -2.19. The first-order chi connectivity index (χ1) is 9.49. The summed E-state index contributed by atoms with van der Waals surface area (Å²) in [6, 6.07) is 8.83.